The van der Waals surface area contributed by atoms with Crippen molar-refractivity contribution in [1.82, 2.24) is 10.2 Å². The van der Waals surface area contributed by atoms with Crippen LogP contribution in [0.5, 0.6) is 0 Å². The van der Waals surface area contributed by atoms with Crippen molar-refractivity contribution in [3.63, 3.8) is 0 Å². The van der Waals surface area contributed by atoms with Crippen LogP contribution in [0.2, 0.25) is 0 Å². The summed E-state index contributed by atoms with van der Waals surface area (Å²) in [4.78, 5) is 2.39. The Morgan fingerprint density at radius 3 is 2.71 bits per heavy atom. The van der Waals surface area contributed by atoms with Gasteiger partial charge in [-0.3, -0.25) is 0 Å². The molecule has 1 aromatic heterocycles. The van der Waals surface area contributed by atoms with Gasteiger partial charge >= 0.3 is 0 Å². The molecule has 1 N–H and O–H groups in total. The number of furan rings is 1. The molecule has 0 aliphatic heterocycles. The van der Waals surface area contributed by atoms with Crippen molar-refractivity contribution in [2.45, 2.75) is 65.3 Å². The maximum atomic E-state index is 5.79. The first kappa shape index (κ1) is 16.5. The minimum absolute atomic E-state index is 0.102. The third-order valence-electron chi connectivity index (χ3n) is 3.88. The van der Waals surface area contributed by atoms with Crippen LogP contribution < -0.4 is 5.32 Å². The lowest BCUT2D eigenvalue weighted by Gasteiger charge is -2.19. The molecule has 120 valence electrons. The molecular weight excluding hydrogens is 264 g/mol. The Morgan fingerprint density at radius 2 is 2.10 bits per heavy atom. The van der Waals surface area contributed by atoms with E-state index in [9.17, 15) is 0 Å². The molecule has 0 radical (unpaired) electrons. The van der Waals surface area contributed by atoms with Gasteiger partial charge in [0.25, 0.3) is 0 Å². The lowest BCUT2D eigenvalue weighted by atomic mass is 10.1. The van der Waals surface area contributed by atoms with Gasteiger partial charge in [0, 0.05) is 23.7 Å². The smallest absolute Gasteiger partial charge is 0.118 e. The number of likely N-dealkylation sites (N-methyl/N-ethyl adjacent to an activating group) is 1. The van der Waals surface area contributed by atoms with Gasteiger partial charge in [-0.1, -0.05) is 0 Å². The maximum Gasteiger partial charge on any atom is 0.118 e. The summed E-state index contributed by atoms with van der Waals surface area (Å²) < 4.78 is 11.6. The Hall–Kier alpha value is -0.840. The van der Waals surface area contributed by atoms with Crippen molar-refractivity contribution in [2.75, 3.05) is 20.2 Å². The van der Waals surface area contributed by atoms with E-state index in [0.29, 0.717) is 6.61 Å². The first-order valence-corrected chi connectivity index (χ1v) is 7.96. The minimum Gasteiger partial charge on any atom is -0.465 e. The molecule has 0 atom stereocenters. The highest BCUT2D eigenvalue weighted by molar-refractivity contribution is 5.20. The highest BCUT2D eigenvalue weighted by Crippen LogP contribution is 2.24. The number of ether oxygens (including phenoxy) is 1. The molecule has 0 saturated heterocycles. The van der Waals surface area contributed by atoms with Gasteiger partial charge in [-0.15, -0.1) is 0 Å². The van der Waals surface area contributed by atoms with Gasteiger partial charge in [-0.05, 0) is 53.7 Å². The van der Waals surface area contributed by atoms with E-state index < -0.39 is 0 Å². The fraction of sp³-hybridized carbons (Fsp3) is 0.765. The quantitative estimate of drug-likeness (QED) is 0.748. The molecule has 0 spiro atoms. The van der Waals surface area contributed by atoms with E-state index in [-0.39, 0.29) is 5.54 Å². The molecule has 0 aromatic carbocycles. The number of hydrogen-bond acceptors (Lipinski definition) is 4. The largest absolute Gasteiger partial charge is 0.465 e. The highest BCUT2D eigenvalue weighted by Gasteiger charge is 2.25. The second kappa shape index (κ2) is 6.95. The van der Waals surface area contributed by atoms with E-state index in [1.807, 2.05) is 6.92 Å². The van der Waals surface area contributed by atoms with E-state index in [1.54, 1.807) is 0 Å². The van der Waals surface area contributed by atoms with Crippen LogP contribution in [0.15, 0.2) is 10.5 Å². The van der Waals surface area contributed by atoms with E-state index >= 15 is 0 Å². The van der Waals surface area contributed by atoms with Gasteiger partial charge < -0.3 is 19.4 Å². The first-order chi connectivity index (χ1) is 9.85. The standard InChI is InChI=1S/C17H30N2O2/c1-13-14(10-16(21-13)11-18-17(2,3)4)12-20-9-8-19(5)15-6-7-15/h10,15,18H,6-9,11-12H2,1-5H3. The van der Waals surface area contributed by atoms with Crippen LogP contribution in [0, 0.1) is 6.92 Å². The molecule has 0 amide bonds. The summed E-state index contributed by atoms with van der Waals surface area (Å²) in [6.45, 7) is 11.7. The predicted molar refractivity (Wildman–Crippen MR) is 85.3 cm³/mol. The Bertz CT molecular complexity index is 444. The average Bonchev–Trinajstić information content (AvgIpc) is 3.17. The van der Waals surface area contributed by atoms with Gasteiger partial charge in [-0.2, -0.15) is 0 Å². The van der Waals surface area contributed by atoms with Gasteiger partial charge in [0.1, 0.15) is 11.5 Å². The molecule has 1 saturated carbocycles. The summed E-state index contributed by atoms with van der Waals surface area (Å²) in [6.07, 6.45) is 2.70. The summed E-state index contributed by atoms with van der Waals surface area (Å²) >= 11 is 0. The molecule has 1 heterocycles. The zero-order valence-electron chi connectivity index (χ0n) is 14.2. The third kappa shape index (κ3) is 5.81. The van der Waals surface area contributed by atoms with Gasteiger partial charge in [0.05, 0.1) is 19.8 Å². The second-order valence-electron chi connectivity index (χ2n) is 7.16. The lowest BCUT2D eigenvalue weighted by molar-refractivity contribution is 0.0971. The molecule has 2 rings (SSSR count). The topological polar surface area (TPSA) is 37.6 Å². The highest BCUT2D eigenvalue weighted by atomic mass is 16.5. The van der Waals surface area contributed by atoms with Crippen molar-refractivity contribution < 1.29 is 9.15 Å². The number of rotatable bonds is 8. The fourth-order valence-corrected chi connectivity index (χ4v) is 2.26. The summed E-state index contributed by atoms with van der Waals surface area (Å²) in [5.41, 5.74) is 1.26. The van der Waals surface area contributed by atoms with Crippen molar-refractivity contribution >= 4 is 0 Å². The van der Waals surface area contributed by atoms with E-state index in [2.05, 4.69) is 44.1 Å². The first-order valence-electron chi connectivity index (χ1n) is 7.96. The van der Waals surface area contributed by atoms with Crippen LogP contribution in [0.1, 0.15) is 50.7 Å². The van der Waals surface area contributed by atoms with Crippen molar-refractivity contribution in [2.24, 2.45) is 0 Å². The Labute approximate surface area is 128 Å². The van der Waals surface area contributed by atoms with E-state index in [1.165, 1.54) is 12.8 Å². The molecule has 0 unspecified atom stereocenters. The maximum absolute atomic E-state index is 5.79. The molecule has 21 heavy (non-hydrogen) atoms. The molecular formula is C17H30N2O2. The van der Waals surface area contributed by atoms with Gasteiger partial charge in [0.15, 0.2) is 0 Å². The molecule has 4 heteroatoms. The van der Waals surface area contributed by atoms with Crippen LogP contribution >= 0.6 is 0 Å². The zero-order chi connectivity index (χ0) is 15.5. The van der Waals surface area contributed by atoms with E-state index in [4.69, 9.17) is 9.15 Å². The number of nitrogens with one attached hydrogen (secondary N) is 1. The Balaban J connectivity index is 1.71. The monoisotopic (exact) mass is 294 g/mol. The number of hydrogen-bond donors (Lipinski definition) is 1. The molecule has 1 fully saturated rings. The molecule has 1 aromatic rings. The van der Waals surface area contributed by atoms with Crippen molar-refractivity contribution in [3.05, 3.63) is 23.2 Å². The molecule has 0 bridgehead atoms. The van der Waals surface area contributed by atoms with Crippen molar-refractivity contribution in [1.29, 1.82) is 0 Å². The zero-order valence-corrected chi connectivity index (χ0v) is 14.2. The van der Waals surface area contributed by atoms with Crippen molar-refractivity contribution in [3.8, 4) is 0 Å². The van der Waals surface area contributed by atoms with Crippen LogP contribution in [0.25, 0.3) is 0 Å². The third-order valence-corrected chi connectivity index (χ3v) is 3.88. The van der Waals surface area contributed by atoms with Crippen LogP contribution in [-0.2, 0) is 17.9 Å². The molecule has 4 nitrogen and oxygen atoms in total. The number of aryl methyl sites for hydroxylation is 1. The fourth-order valence-electron chi connectivity index (χ4n) is 2.26. The molecule has 1 aliphatic rings. The summed E-state index contributed by atoms with van der Waals surface area (Å²) in [7, 11) is 2.18. The molecule has 1 aliphatic carbocycles. The average molecular weight is 294 g/mol. The summed E-state index contributed by atoms with van der Waals surface area (Å²) in [5, 5.41) is 3.44. The Kier molecular flexibility index (Phi) is 5.47. The van der Waals surface area contributed by atoms with Crippen LogP contribution in [0.4, 0.5) is 0 Å². The van der Waals surface area contributed by atoms with Crippen LogP contribution in [-0.4, -0.2) is 36.7 Å². The van der Waals surface area contributed by atoms with E-state index in [0.717, 1.165) is 42.8 Å². The Morgan fingerprint density at radius 1 is 1.38 bits per heavy atom. The van der Waals surface area contributed by atoms with Gasteiger partial charge in [-0.25, -0.2) is 0 Å². The normalized spacial score (nSPS) is 15.9. The summed E-state index contributed by atoms with van der Waals surface area (Å²) in [5.74, 6) is 1.95. The lowest BCUT2D eigenvalue weighted by Crippen LogP contribution is -2.34. The predicted octanol–water partition coefficient (Wildman–Crippen LogP) is 3.09. The van der Waals surface area contributed by atoms with Gasteiger partial charge in [0.2, 0.25) is 0 Å². The van der Waals surface area contributed by atoms with Crippen LogP contribution in [0.3, 0.4) is 0 Å². The minimum atomic E-state index is 0.102. The number of nitrogens with zero attached hydrogens (tertiary/aromatic N) is 1. The SMILES string of the molecule is Cc1oc(CNC(C)(C)C)cc1COCCN(C)C1CC1. The second-order valence-corrected chi connectivity index (χ2v) is 7.16. The summed E-state index contributed by atoms with van der Waals surface area (Å²) in [6, 6.07) is 2.91.